The van der Waals surface area contributed by atoms with Gasteiger partial charge in [0.1, 0.15) is 4.88 Å². The SMILES string of the molecule is CCCC1CCCCN1c1ccc(C(=O)O)s1. The summed E-state index contributed by atoms with van der Waals surface area (Å²) in [6, 6.07) is 4.29. The van der Waals surface area contributed by atoms with Crippen molar-refractivity contribution >= 4 is 22.3 Å². The molecule has 0 saturated carbocycles. The Balaban J connectivity index is 2.14. The van der Waals surface area contributed by atoms with Crippen LogP contribution in [0, 0.1) is 0 Å². The van der Waals surface area contributed by atoms with Gasteiger partial charge < -0.3 is 10.0 Å². The van der Waals surface area contributed by atoms with E-state index in [2.05, 4.69) is 11.8 Å². The average molecular weight is 253 g/mol. The van der Waals surface area contributed by atoms with Gasteiger partial charge in [-0.2, -0.15) is 0 Å². The molecule has 0 amide bonds. The molecule has 17 heavy (non-hydrogen) atoms. The van der Waals surface area contributed by atoms with Crippen LogP contribution >= 0.6 is 11.3 Å². The number of carboxylic acid groups (broad SMARTS) is 1. The molecule has 1 unspecified atom stereocenters. The molecule has 0 bridgehead atoms. The smallest absolute Gasteiger partial charge is 0.345 e. The third-order valence-electron chi connectivity index (χ3n) is 3.33. The molecular formula is C13H19NO2S. The third-order valence-corrected chi connectivity index (χ3v) is 4.45. The van der Waals surface area contributed by atoms with Crippen molar-refractivity contribution in [2.24, 2.45) is 0 Å². The minimum Gasteiger partial charge on any atom is -0.477 e. The summed E-state index contributed by atoms with van der Waals surface area (Å²) in [5.74, 6) is -0.815. The van der Waals surface area contributed by atoms with Gasteiger partial charge in [0.15, 0.2) is 0 Å². The van der Waals surface area contributed by atoms with Gasteiger partial charge in [0.25, 0.3) is 0 Å². The standard InChI is InChI=1S/C13H19NO2S/c1-2-5-10-6-3-4-9-14(10)12-8-7-11(17-12)13(15)16/h7-8,10H,2-6,9H2,1H3,(H,15,16). The van der Waals surface area contributed by atoms with Crippen molar-refractivity contribution in [2.75, 3.05) is 11.4 Å². The minimum atomic E-state index is -0.815. The van der Waals surface area contributed by atoms with Crippen molar-refractivity contribution in [3.63, 3.8) is 0 Å². The normalized spacial score (nSPS) is 20.5. The molecule has 0 aliphatic carbocycles. The first kappa shape index (κ1) is 12.4. The van der Waals surface area contributed by atoms with Crippen molar-refractivity contribution < 1.29 is 9.90 Å². The van der Waals surface area contributed by atoms with Crippen molar-refractivity contribution in [1.29, 1.82) is 0 Å². The number of piperidine rings is 1. The zero-order valence-electron chi connectivity index (χ0n) is 10.2. The zero-order valence-corrected chi connectivity index (χ0v) is 11.0. The monoisotopic (exact) mass is 253 g/mol. The number of carboxylic acids is 1. The molecule has 0 aromatic carbocycles. The molecule has 3 nitrogen and oxygen atoms in total. The van der Waals surface area contributed by atoms with Crippen LogP contribution in [0.15, 0.2) is 12.1 Å². The predicted molar refractivity (Wildman–Crippen MR) is 71.2 cm³/mol. The number of aromatic carboxylic acids is 1. The molecule has 1 atom stereocenters. The van der Waals surface area contributed by atoms with Crippen LogP contribution in [-0.2, 0) is 0 Å². The lowest BCUT2D eigenvalue weighted by molar-refractivity contribution is 0.0702. The maximum atomic E-state index is 10.9. The van der Waals surface area contributed by atoms with Gasteiger partial charge in [-0.1, -0.05) is 13.3 Å². The molecule has 94 valence electrons. The lowest BCUT2D eigenvalue weighted by atomic mass is 9.99. The average Bonchev–Trinajstić information content (AvgIpc) is 2.79. The minimum absolute atomic E-state index is 0.445. The zero-order chi connectivity index (χ0) is 12.3. The van der Waals surface area contributed by atoms with Crippen molar-refractivity contribution in [2.45, 2.75) is 45.1 Å². The molecule has 1 aromatic heterocycles. The molecule has 4 heteroatoms. The first-order chi connectivity index (χ1) is 8.22. The Morgan fingerprint density at radius 2 is 2.35 bits per heavy atom. The number of rotatable bonds is 4. The second-order valence-corrected chi connectivity index (χ2v) is 5.64. The van der Waals surface area contributed by atoms with Crippen LogP contribution in [0.2, 0.25) is 0 Å². The van der Waals surface area contributed by atoms with Crippen LogP contribution in [0.4, 0.5) is 5.00 Å². The summed E-state index contributed by atoms with van der Waals surface area (Å²) in [7, 11) is 0. The van der Waals surface area contributed by atoms with Crippen LogP contribution in [0.1, 0.15) is 48.7 Å². The van der Waals surface area contributed by atoms with E-state index >= 15 is 0 Å². The summed E-state index contributed by atoms with van der Waals surface area (Å²) < 4.78 is 0. The highest BCUT2D eigenvalue weighted by atomic mass is 32.1. The summed E-state index contributed by atoms with van der Waals surface area (Å²) in [6.07, 6.45) is 6.17. The van der Waals surface area contributed by atoms with E-state index in [1.165, 1.54) is 43.4 Å². The van der Waals surface area contributed by atoms with Crippen LogP contribution < -0.4 is 4.90 Å². The van der Waals surface area contributed by atoms with Gasteiger partial charge in [0.05, 0.1) is 5.00 Å². The number of thiophene rings is 1. The fourth-order valence-corrected chi connectivity index (χ4v) is 3.46. The van der Waals surface area contributed by atoms with E-state index < -0.39 is 5.97 Å². The Labute approximate surface area is 106 Å². The third kappa shape index (κ3) is 2.80. The first-order valence-corrected chi connectivity index (χ1v) is 7.13. The fraction of sp³-hybridized carbons (Fsp3) is 0.615. The lowest BCUT2D eigenvalue weighted by Crippen LogP contribution is -2.38. The molecule has 1 aliphatic heterocycles. The fourth-order valence-electron chi connectivity index (χ4n) is 2.52. The van der Waals surface area contributed by atoms with Gasteiger partial charge in [0.2, 0.25) is 0 Å². The van der Waals surface area contributed by atoms with Crippen LogP contribution in [-0.4, -0.2) is 23.7 Å². The second kappa shape index (κ2) is 5.54. The molecule has 0 spiro atoms. The molecule has 1 N–H and O–H groups in total. The highest BCUT2D eigenvalue weighted by Gasteiger charge is 2.23. The number of nitrogens with zero attached hydrogens (tertiary/aromatic N) is 1. The van der Waals surface area contributed by atoms with E-state index in [4.69, 9.17) is 5.11 Å². The Morgan fingerprint density at radius 1 is 1.53 bits per heavy atom. The van der Waals surface area contributed by atoms with Gasteiger partial charge in [-0.05, 0) is 37.8 Å². The Kier molecular flexibility index (Phi) is 4.05. The van der Waals surface area contributed by atoms with E-state index in [1.807, 2.05) is 6.07 Å². The predicted octanol–water partition coefficient (Wildman–Crippen LogP) is 3.61. The first-order valence-electron chi connectivity index (χ1n) is 6.32. The highest BCUT2D eigenvalue weighted by molar-refractivity contribution is 7.17. The lowest BCUT2D eigenvalue weighted by Gasteiger charge is -2.36. The molecule has 1 fully saturated rings. The van der Waals surface area contributed by atoms with Gasteiger partial charge in [-0.15, -0.1) is 11.3 Å². The molecule has 1 aromatic rings. The van der Waals surface area contributed by atoms with E-state index in [0.29, 0.717) is 10.9 Å². The molecular weight excluding hydrogens is 234 g/mol. The number of hydrogen-bond acceptors (Lipinski definition) is 3. The van der Waals surface area contributed by atoms with Crippen molar-refractivity contribution in [1.82, 2.24) is 0 Å². The Morgan fingerprint density at radius 3 is 3.00 bits per heavy atom. The van der Waals surface area contributed by atoms with E-state index in [1.54, 1.807) is 6.07 Å². The molecule has 0 radical (unpaired) electrons. The summed E-state index contributed by atoms with van der Waals surface area (Å²) in [4.78, 5) is 13.7. The highest BCUT2D eigenvalue weighted by Crippen LogP contribution is 2.32. The summed E-state index contributed by atoms with van der Waals surface area (Å²) in [5.41, 5.74) is 0. The van der Waals surface area contributed by atoms with Gasteiger partial charge in [-0.3, -0.25) is 0 Å². The van der Waals surface area contributed by atoms with E-state index in [-0.39, 0.29) is 0 Å². The number of carbonyl (C=O) groups is 1. The Bertz CT molecular complexity index is 387. The van der Waals surface area contributed by atoms with E-state index in [9.17, 15) is 4.79 Å². The van der Waals surface area contributed by atoms with E-state index in [0.717, 1.165) is 11.5 Å². The van der Waals surface area contributed by atoms with Crippen molar-refractivity contribution in [3.8, 4) is 0 Å². The van der Waals surface area contributed by atoms with Gasteiger partial charge in [0, 0.05) is 12.6 Å². The van der Waals surface area contributed by atoms with Crippen LogP contribution in [0.5, 0.6) is 0 Å². The number of anilines is 1. The summed E-state index contributed by atoms with van der Waals surface area (Å²) in [6.45, 7) is 3.29. The summed E-state index contributed by atoms with van der Waals surface area (Å²) >= 11 is 1.40. The maximum absolute atomic E-state index is 10.9. The topological polar surface area (TPSA) is 40.5 Å². The Hall–Kier alpha value is -1.03. The molecule has 1 aliphatic rings. The van der Waals surface area contributed by atoms with Crippen LogP contribution in [0.25, 0.3) is 0 Å². The van der Waals surface area contributed by atoms with Gasteiger partial charge >= 0.3 is 5.97 Å². The second-order valence-electron chi connectivity index (χ2n) is 4.57. The molecule has 2 rings (SSSR count). The van der Waals surface area contributed by atoms with Crippen LogP contribution in [0.3, 0.4) is 0 Å². The summed E-state index contributed by atoms with van der Waals surface area (Å²) in [5, 5.41) is 10.1. The van der Waals surface area contributed by atoms with Crippen molar-refractivity contribution in [3.05, 3.63) is 17.0 Å². The number of hydrogen-bond donors (Lipinski definition) is 1. The largest absolute Gasteiger partial charge is 0.477 e. The molecule has 2 heterocycles. The quantitative estimate of drug-likeness (QED) is 0.891. The molecule has 1 saturated heterocycles. The maximum Gasteiger partial charge on any atom is 0.345 e. The van der Waals surface area contributed by atoms with Gasteiger partial charge in [-0.25, -0.2) is 4.79 Å².